The fourth-order valence-corrected chi connectivity index (χ4v) is 2.65. The van der Waals surface area contributed by atoms with E-state index in [9.17, 15) is 27.6 Å². The molecule has 1 heterocycles. The highest BCUT2D eigenvalue weighted by Crippen LogP contribution is 2.30. The number of benzene rings is 1. The lowest BCUT2D eigenvalue weighted by molar-refractivity contribution is -0.149. The van der Waals surface area contributed by atoms with Crippen LogP contribution in [0.25, 0.3) is 0 Å². The number of rotatable bonds is 7. The van der Waals surface area contributed by atoms with E-state index in [1.807, 2.05) is 0 Å². The average molecular weight is 412 g/mol. The van der Waals surface area contributed by atoms with E-state index in [-0.39, 0.29) is 23.4 Å². The van der Waals surface area contributed by atoms with Crippen LogP contribution < -0.4 is 0 Å². The molecule has 0 aliphatic carbocycles. The van der Waals surface area contributed by atoms with Crippen molar-refractivity contribution < 1.29 is 37.0 Å². The first-order chi connectivity index (χ1) is 13.6. The molecule has 0 fully saturated rings. The molecular weight excluding hydrogens is 393 g/mol. The maximum Gasteiger partial charge on any atom is 0.435 e. The molecule has 2 rings (SSSR count). The third-order valence-corrected chi connectivity index (χ3v) is 4.07. The molecule has 29 heavy (non-hydrogen) atoms. The van der Waals surface area contributed by atoms with E-state index in [4.69, 9.17) is 4.74 Å². The Bertz CT molecular complexity index is 904. The van der Waals surface area contributed by atoms with Crippen molar-refractivity contribution >= 4 is 17.7 Å². The second-order valence-electron chi connectivity index (χ2n) is 6.08. The number of carbonyl (C=O) groups is 3. The van der Waals surface area contributed by atoms with Crippen LogP contribution in [0.5, 0.6) is 0 Å². The topological polar surface area (TPSA) is 87.5 Å². The zero-order valence-electron chi connectivity index (χ0n) is 15.9. The number of hydrogen-bond acceptors (Lipinski definition) is 6. The summed E-state index contributed by atoms with van der Waals surface area (Å²) in [6, 6.07) is 4.92. The summed E-state index contributed by atoms with van der Waals surface area (Å²) in [7, 11) is 1.22. The first kappa shape index (κ1) is 22.1. The molecule has 7 nitrogen and oxygen atoms in total. The van der Waals surface area contributed by atoms with Crippen molar-refractivity contribution in [3.8, 4) is 0 Å². The summed E-state index contributed by atoms with van der Waals surface area (Å²) in [5.41, 5.74) is -0.708. The van der Waals surface area contributed by atoms with Gasteiger partial charge in [0, 0.05) is 17.7 Å². The normalized spacial score (nSPS) is 12.3. The fraction of sp³-hybridized carbons (Fsp3) is 0.368. The standard InChI is InChI=1S/C19H19F3N2O5/c1-4-29-18(27)14(24-11(2)9-16(23-24)19(20,21)22)10-15(25)12-5-7-13(8-6-12)17(26)28-3/h5-9,14H,4,10H2,1-3H3. The van der Waals surface area contributed by atoms with Crippen LogP contribution in [-0.2, 0) is 20.4 Å². The van der Waals surface area contributed by atoms with Gasteiger partial charge in [-0.05, 0) is 32.0 Å². The average Bonchev–Trinajstić information content (AvgIpc) is 3.07. The van der Waals surface area contributed by atoms with Gasteiger partial charge < -0.3 is 9.47 Å². The summed E-state index contributed by atoms with van der Waals surface area (Å²) in [5, 5.41) is 3.46. The highest BCUT2D eigenvalue weighted by Gasteiger charge is 2.37. The predicted molar refractivity (Wildman–Crippen MR) is 94.4 cm³/mol. The second-order valence-corrected chi connectivity index (χ2v) is 6.08. The minimum atomic E-state index is -4.69. The van der Waals surface area contributed by atoms with Crippen LogP contribution in [0.2, 0.25) is 0 Å². The monoisotopic (exact) mass is 412 g/mol. The van der Waals surface area contributed by atoms with Gasteiger partial charge in [-0.15, -0.1) is 0 Å². The molecule has 0 radical (unpaired) electrons. The smallest absolute Gasteiger partial charge is 0.435 e. The Balaban J connectivity index is 2.32. The van der Waals surface area contributed by atoms with Gasteiger partial charge in [0.1, 0.15) is 0 Å². The lowest BCUT2D eigenvalue weighted by Crippen LogP contribution is -2.27. The van der Waals surface area contributed by atoms with E-state index < -0.39 is 42.1 Å². The van der Waals surface area contributed by atoms with Crippen LogP contribution in [0.3, 0.4) is 0 Å². The highest BCUT2D eigenvalue weighted by atomic mass is 19.4. The molecule has 0 spiro atoms. The number of carbonyl (C=O) groups excluding carboxylic acids is 3. The minimum absolute atomic E-state index is 0.0101. The molecule has 0 bridgehead atoms. The molecule has 10 heteroatoms. The Morgan fingerprint density at radius 1 is 1.14 bits per heavy atom. The van der Waals surface area contributed by atoms with Gasteiger partial charge >= 0.3 is 18.1 Å². The number of Topliss-reactive ketones (excluding diaryl/α,β-unsaturated/α-hetero) is 1. The summed E-state index contributed by atoms with van der Waals surface area (Å²) in [6.45, 7) is 2.88. The Hall–Kier alpha value is -3.17. The number of aromatic nitrogens is 2. The van der Waals surface area contributed by atoms with Crippen molar-refractivity contribution in [3.05, 3.63) is 52.8 Å². The SMILES string of the molecule is CCOC(=O)C(CC(=O)c1ccc(C(=O)OC)cc1)n1nc(C(F)(F)F)cc1C. The lowest BCUT2D eigenvalue weighted by atomic mass is 10.0. The molecule has 0 N–H and O–H groups in total. The Labute approximate surface area is 164 Å². The number of hydrogen-bond donors (Lipinski definition) is 0. The molecule has 0 amide bonds. The van der Waals surface area contributed by atoms with Crippen LogP contribution in [0.4, 0.5) is 13.2 Å². The van der Waals surface area contributed by atoms with Crippen molar-refractivity contribution in [2.75, 3.05) is 13.7 Å². The van der Waals surface area contributed by atoms with E-state index in [0.29, 0.717) is 0 Å². The third kappa shape index (κ3) is 5.21. The van der Waals surface area contributed by atoms with Gasteiger partial charge in [0.05, 0.1) is 19.3 Å². The number of methoxy groups -OCH3 is 1. The molecule has 2 aromatic rings. The van der Waals surface area contributed by atoms with E-state index in [0.717, 1.165) is 10.7 Å². The van der Waals surface area contributed by atoms with Crippen molar-refractivity contribution in [2.45, 2.75) is 32.5 Å². The van der Waals surface area contributed by atoms with Gasteiger partial charge in [0.25, 0.3) is 0 Å². The highest BCUT2D eigenvalue weighted by molar-refractivity contribution is 5.99. The Morgan fingerprint density at radius 3 is 2.21 bits per heavy atom. The second kappa shape index (κ2) is 8.89. The number of halogens is 3. The van der Waals surface area contributed by atoms with E-state index in [1.165, 1.54) is 38.3 Å². The van der Waals surface area contributed by atoms with Gasteiger partial charge in [-0.25, -0.2) is 9.59 Å². The van der Waals surface area contributed by atoms with Crippen LogP contribution in [-0.4, -0.2) is 41.2 Å². The number of alkyl halides is 3. The number of nitrogens with zero attached hydrogens (tertiary/aromatic N) is 2. The number of ketones is 1. The molecule has 1 aromatic heterocycles. The molecule has 1 atom stereocenters. The van der Waals surface area contributed by atoms with Crippen molar-refractivity contribution in [1.82, 2.24) is 9.78 Å². The quantitative estimate of drug-likeness (QED) is 0.512. The molecule has 0 saturated heterocycles. The third-order valence-electron chi connectivity index (χ3n) is 4.07. The largest absolute Gasteiger partial charge is 0.465 e. The van der Waals surface area contributed by atoms with Crippen molar-refractivity contribution in [1.29, 1.82) is 0 Å². The fourth-order valence-electron chi connectivity index (χ4n) is 2.65. The van der Waals surface area contributed by atoms with Gasteiger partial charge in [-0.3, -0.25) is 9.48 Å². The Kier molecular flexibility index (Phi) is 6.78. The number of aryl methyl sites for hydroxylation is 1. The van der Waals surface area contributed by atoms with Crippen LogP contribution in [0.15, 0.2) is 30.3 Å². The van der Waals surface area contributed by atoms with Crippen LogP contribution in [0.1, 0.15) is 51.5 Å². The zero-order chi connectivity index (χ0) is 21.8. The van der Waals surface area contributed by atoms with Crippen molar-refractivity contribution in [3.63, 3.8) is 0 Å². The van der Waals surface area contributed by atoms with E-state index in [1.54, 1.807) is 6.92 Å². The molecule has 1 unspecified atom stereocenters. The molecule has 1 aromatic carbocycles. The van der Waals surface area contributed by atoms with Crippen LogP contribution in [0, 0.1) is 6.92 Å². The zero-order valence-corrected chi connectivity index (χ0v) is 15.9. The van der Waals surface area contributed by atoms with Gasteiger partial charge in [0.15, 0.2) is 17.5 Å². The molecule has 0 saturated carbocycles. The molecule has 156 valence electrons. The van der Waals surface area contributed by atoms with Gasteiger partial charge in [-0.2, -0.15) is 18.3 Å². The number of esters is 2. The molecule has 0 aliphatic heterocycles. The van der Waals surface area contributed by atoms with Gasteiger partial charge in [-0.1, -0.05) is 12.1 Å². The Morgan fingerprint density at radius 2 is 1.72 bits per heavy atom. The summed E-state index contributed by atoms with van der Waals surface area (Å²) in [6.07, 6.45) is -5.15. The minimum Gasteiger partial charge on any atom is -0.465 e. The summed E-state index contributed by atoms with van der Waals surface area (Å²) in [5.74, 6) is -1.98. The molecular formula is C19H19F3N2O5. The summed E-state index contributed by atoms with van der Waals surface area (Å²) < 4.78 is 49.2. The summed E-state index contributed by atoms with van der Waals surface area (Å²) >= 11 is 0. The number of ether oxygens (including phenoxy) is 2. The van der Waals surface area contributed by atoms with E-state index in [2.05, 4.69) is 9.84 Å². The summed E-state index contributed by atoms with van der Waals surface area (Å²) in [4.78, 5) is 36.4. The van der Waals surface area contributed by atoms with E-state index >= 15 is 0 Å². The maximum atomic E-state index is 13.0. The lowest BCUT2D eigenvalue weighted by Gasteiger charge is -2.17. The predicted octanol–water partition coefficient (Wildman–Crippen LogP) is 3.37. The van der Waals surface area contributed by atoms with Crippen LogP contribution >= 0.6 is 0 Å². The first-order valence-electron chi connectivity index (χ1n) is 8.60. The first-order valence-corrected chi connectivity index (χ1v) is 8.60. The molecule has 0 aliphatic rings. The van der Waals surface area contributed by atoms with Crippen molar-refractivity contribution in [2.24, 2.45) is 0 Å². The van der Waals surface area contributed by atoms with Gasteiger partial charge in [0.2, 0.25) is 0 Å². The maximum absolute atomic E-state index is 13.0.